The number of rotatable bonds is 7. The van der Waals surface area contributed by atoms with E-state index in [1.54, 1.807) is 24.3 Å². The molecule has 28 heavy (non-hydrogen) atoms. The zero-order chi connectivity index (χ0) is 19.9. The summed E-state index contributed by atoms with van der Waals surface area (Å²) < 4.78 is 0. The summed E-state index contributed by atoms with van der Waals surface area (Å²) in [6.07, 6.45) is 2.73. The number of aryl methyl sites for hydroxylation is 1. The molecule has 5 nitrogen and oxygen atoms in total. The largest absolute Gasteiger partial charge is 0.351 e. The lowest BCUT2D eigenvalue weighted by Crippen LogP contribution is -2.33. The molecule has 1 aliphatic rings. The van der Waals surface area contributed by atoms with Gasteiger partial charge < -0.3 is 15.5 Å². The van der Waals surface area contributed by atoms with Gasteiger partial charge in [0.2, 0.25) is 5.91 Å². The number of likely N-dealkylation sites (tertiary alicyclic amines) is 1. The molecule has 0 radical (unpaired) electrons. The van der Waals surface area contributed by atoms with Crippen LogP contribution in [0.3, 0.4) is 0 Å². The molecule has 6 heteroatoms. The van der Waals surface area contributed by atoms with Gasteiger partial charge in [-0.25, -0.2) is 0 Å². The highest BCUT2D eigenvalue weighted by Crippen LogP contribution is 2.18. The number of hydrogen-bond acceptors (Lipinski definition) is 3. The van der Waals surface area contributed by atoms with Gasteiger partial charge in [-0.1, -0.05) is 29.8 Å². The first-order valence-electron chi connectivity index (χ1n) is 9.67. The minimum atomic E-state index is -0.128. The molecule has 1 saturated heterocycles. The summed E-state index contributed by atoms with van der Waals surface area (Å²) in [7, 11) is 0. The molecule has 0 spiro atoms. The molecule has 1 fully saturated rings. The molecule has 0 atom stereocenters. The summed E-state index contributed by atoms with van der Waals surface area (Å²) in [6, 6.07) is 12.6. The Balaban J connectivity index is 1.56. The number of halogens is 1. The van der Waals surface area contributed by atoms with Crippen molar-refractivity contribution in [2.45, 2.75) is 26.2 Å². The van der Waals surface area contributed by atoms with E-state index in [1.807, 2.05) is 25.1 Å². The molecule has 0 aromatic heterocycles. The van der Waals surface area contributed by atoms with Crippen molar-refractivity contribution in [2.75, 3.05) is 31.5 Å². The number of benzene rings is 2. The number of nitrogens with one attached hydrogen (secondary N) is 2. The van der Waals surface area contributed by atoms with Crippen LogP contribution in [0.4, 0.5) is 5.69 Å². The Morgan fingerprint density at radius 3 is 2.50 bits per heavy atom. The second kappa shape index (κ2) is 9.71. The molecule has 0 aliphatic carbocycles. The molecule has 2 aromatic rings. The molecule has 1 heterocycles. The van der Waals surface area contributed by atoms with E-state index >= 15 is 0 Å². The predicted molar refractivity (Wildman–Crippen MR) is 113 cm³/mol. The van der Waals surface area contributed by atoms with Crippen LogP contribution in [-0.4, -0.2) is 42.9 Å². The van der Waals surface area contributed by atoms with Crippen molar-refractivity contribution in [2.24, 2.45) is 0 Å². The summed E-state index contributed by atoms with van der Waals surface area (Å²) in [4.78, 5) is 27.2. The molecule has 1 aliphatic heterocycles. The molecule has 3 rings (SSSR count). The lowest BCUT2D eigenvalue weighted by atomic mass is 10.1. The number of nitrogens with zero attached hydrogens (tertiary/aromatic N) is 1. The van der Waals surface area contributed by atoms with Gasteiger partial charge >= 0.3 is 0 Å². The predicted octanol–water partition coefficient (Wildman–Crippen LogP) is 3.66. The van der Waals surface area contributed by atoms with Gasteiger partial charge in [0.25, 0.3) is 5.91 Å². The van der Waals surface area contributed by atoms with Gasteiger partial charge in [0.05, 0.1) is 6.42 Å². The smallest absolute Gasteiger partial charge is 0.251 e. The van der Waals surface area contributed by atoms with Crippen LogP contribution in [-0.2, 0) is 11.2 Å². The number of anilines is 1. The lowest BCUT2D eigenvalue weighted by molar-refractivity contribution is -0.115. The average molecular weight is 400 g/mol. The Bertz CT molecular complexity index is 830. The van der Waals surface area contributed by atoms with E-state index in [9.17, 15) is 9.59 Å². The van der Waals surface area contributed by atoms with Crippen molar-refractivity contribution in [1.82, 2.24) is 10.2 Å². The number of amides is 2. The topological polar surface area (TPSA) is 61.4 Å². The fraction of sp³-hybridized carbons (Fsp3) is 0.364. The van der Waals surface area contributed by atoms with Crippen molar-refractivity contribution in [3.63, 3.8) is 0 Å². The summed E-state index contributed by atoms with van der Waals surface area (Å²) in [6.45, 7) is 5.65. The summed E-state index contributed by atoms with van der Waals surface area (Å²) in [5.41, 5.74) is 3.01. The quantitative estimate of drug-likeness (QED) is 0.747. The maximum Gasteiger partial charge on any atom is 0.251 e. The fourth-order valence-electron chi connectivity index (χ4n) is 3.32. The average Bonchev–Trinajstić information content (AvgIpc) is 3.19. The third kappa shape index (κ3) is 5.81. The minimum Gasteiger partial charge on any atom is -0.351 e. The Hall–Kier alpha value is -2.37. The lowest BCUT2D eigenvalue weighted by Gasteiger charge is -2.15. The second-order valence-electron chi connectivity index (χ2n) is 7.19. The van der Waals surface area contributed by atoms with Gasteiger partial charge in [-0.15, -0.1) is 0 Å². The van der Waals surface area contributed by atoms with E-state index in [-0.39, 0.29) is 18.2 Å². The molecular formula is C22H26ClN3O2. The first-order chi connectivity index (χ1) is 13.5. The zero-order valence-electron chi connectivity index (χ0n) is 16.1. The molecule has 2 aromatic carbocycles. The number of carbonyl (C=O) groups excluding carboxylic acids is 2. The maximum atomic E-state index is 12.4. The van der Waals surface area contributed by atoms with Crippen LogP contribution >= 0.6 is 11.6 Å². The summed E-state index contributed by atoms with van der Waals surface area (Å²) in [5, 5.41) is 6.52. The Morgan fingerprint density at radius 2 is 1.79 bits per heavy atom. The Labute approximate surface area is 171 Å². The summed E-state index contributed by atoms with van der Waals surface area (Å²) in [5.74, 6) is -0.246. The van der Waals surface area contributed by atoms with E-state index in [1.165, 1.54) is 12.8 Å². The second-order valence-corrected chi connectivity index (χ2v) is 7.62. The van der Waals surface area contributed by atoms with Gasteiger partial charge in [-0.2, -0.15) is 0 Å². The van der Waals surface area contributed by atoms with Crippen molar-refractivity contribution < 1.29 is 9.59 Å². The summed E-state index contributed by atoms with van der Waals surface area (Å²) >= 11 is 5.88. The molecule has 2 N–H and O–H groups in total. The van der Waals surface area contributed by atoms with Gasteiger partial charge in [0.1, 0.15) is 0 Å². The van der Waals surface area contributed by atoms with Gasteiger partial charge in [-0.3, -0.25) is 9.59 Å². The van der Waals surface area contributed by atoms with E-state index in [0.29, 0.717) is 22.8 Å². The van der Waals surface area contributed by atoms with Gasteiger partial charge in [0, 0.05) is 29.4 Å². The van der Waals surface area contributed by atoms with E-state index in [4.69, 9.17) is 11.6 Å². The van der Waals surface area contributed by atoms with Crippen molar-refractivity contribution in [1.29, 1.82) is 0 Å². The van der Waals surface area contributed by atoms with Crippen LogP contribution in [0, 0.1) is 6.92 Å². The molecule has 0 unspecified atom stereocenters. The van der Waals surface area contributed by atoms with E-state index in [0.717, 1.165) is 30.8 Å². The maximum absolute atomic E-state index is 12.4. The Kier molecular flexibility index (Phi) is 7.06. The highest BCUT2D eigenvalue weighted by Gasteiger charge is 2.13. The number of carbonyl (C=O) groups is 2. The zero-order valence-corrected chi connectivity index (χ0v) is 16.9. The van der Waals surface area contributed by atoms with Gasteiger partial charge in [-0.05, 0) is 68.2 Å². The molecule has 0 saturated carbocycles. The van der Waals surface area contributed by atoms with Crippen molar-refractivity contribution >= 4 is 29.1 Å². The van der Waals surface area contributed by atoms with Crippen molar-refractivity contribution in [3.8, 4) is 0 Å². The highest BCUT2D eigenvalue weighted by molar-refractivity contribution is 6.30. The molecule has 2 amide bonds. The SMILES string of the molecule is Cc1ccc(C(=O)NCCN2CCCC2)cc1NC(=O)Cc1ccc(Cl)cc1. The number of hydrogen-bond donors (Lipinski definition) is 2. The van der Waals surface area contributed by atoms with Crippen LogP contribution in [0.5, 0.6) is 0 Å². The monoisotopic (exact) mass is 399 g/mol. The van der Waals surface area contributed by atoms with Gasteiger partial charge in [0.15, 0.2) is 0 Å². The first-order valence-corrected chi connectivity index (χ1v) is 10.0. The minimum absolute atomic E-state index is 0.118. The highest BCUT2D eigenvalue weighted by atomic mass is 35.5. The van der Waals surface area contributed by atoms with Crippen LogP contribution in [0.1, 0.15) is 34.3 Å². The van der Waals surface area contributed by atoms with E-state index in [2.05, 4.69) is 15.5 Å². The first kappa shape index (κ1) is 20.4. The Morgan fingerprint density at radius 1 is 1.07 bits per heavy atom. The third-order valence-electron chi connectivity index (χ3n) is 4.96. The molecule has 0 bridgehead atoms. The van der Waals surface area contributed by atoms with Crippen LogP contribution < -0.4 is 10.6 Å². The van der Waals surface area contributed by atoms with Crippen LogP contribution in [0.2, 0.25) is 5.02 Å². The third-order valence-corrected chi connectivity index (χ3v) is 5.22. The normalized spacial score (nSPS) is 14.1. The molecule has 148 valence electrons. The van der Waals surface area contributed by atoms with Crippen molar-refractivity contribution in [3.05, 3.63) is 64.2 Å². The standard InChI is InChI=1S/C22H26ClN3O2/c1-16-4-7-18(22(28)24-10-13-26-11-2-3-12-26)15-20(16)25-21(27)14-17-5-8-19(23)9-6-17/h4-9,15H,2-3,10-14H2,1H3,(H,24,28)(H,25,27). The van der Waals surface area contributed by atoms with E-state index < -0.39 is 0 Å². The molecular weight excluding hydrogens is 374 g/mol. The fourth-order valence-corrected chi connectivity index (χ4v) is 3.44. The van der Waals surface area contributed by atoms with Crippen LogP contribution in [0.25, 0.3) is 0 Å². The van der Waals surface area contributed by atoms with Crippen LogP contribution in [0.15, 0.2) is 42.5 Å².